The van der Waals surface area contributed by atoms with E-state index in [1.54, 1.807) is 24.3 Å². The summed E-state index contributed by atoms with van der Waals surface area (Å²) in [5.74, 6) is 0.781. The Kier molecular flexibility index (Phi) is 6.68. The molecule has 1 N–H and O–H groups in total. The molecule has 0 radical (unpaired) electrons. The third-order valence-electron chi connectivity index (χ3n) is 3.91. The Morgan fingerprint density at radius 3 is 2.25 bits per heavy atom. The van der Waals surface area contributed by atoms with Crippen molar-refractivity contribution in [2.45, 2.75) is 33.2 Å². The zero-order valence-corrected chi connectivity index (χ0v) is 15.1. The van der Waals surface area contributed by atoms with Crippen LogP contribution in [0.3, 0.4) is 0 Å². The molecule has 0 spiro atoms. The van der Waals surface area contributed by atoms with Crippen molar-refractivity contribution in [2.75, 3.05) is 6.61 Å². The molecule has 0 aliphatic heterocycles. The molecule has 0 aliphatic carbocycles. The number of hydrogen-bond acceptors (Lipinski definition) is 2. The lowest BCUT2D eigenvalue weighted by Gasteiger charge is -2.23. The van der Waals surface area contributed by atoms with Crippen molar-refractivity contribution in [1.29, 1.82) is 0 Å². The minimum absolute atomic E-state index is 0.0160. The van der Waals surface area contributed by atoms with Gasteiger partial charge in [0, 0.05) is 5.02 Å². The van der Waals surface area contributed by atoms with Crippen LogP contribution in [-0.4, -0.2) is 12.5 Å². The van der Waals surface area contributed by atoms with E-state index in [0.717, 1.165) is 12.0 Å². The second kappa shape index (κ2) is 8.74. The fourth-order valence-corrected chi connectivity index (χ4v) is 2.62. The number of aryl methyl sites for hydroxylation is 1. The van der Waals surface area contributed by atoms with Gasteiger partial charge in [0.15, 0.2) is 6.61 Å². The van der Waals surface area contributed by atoms with Gasteiger partial charge < -0.3 is 10.1 Å². The van der Waals surface area contributed by atoms with Gasteiger partial charge in [-0.3, -0.25) is 4.79 Å². The van der Waals surface area contributed by atoms with Crippen molar-refractivity contribution in [2.24, 2.45) is 5.92 Å². The summed E-state index contributed by atoms with van der Waals surface area (Å²) in [5, 5.41) is 3.70. The molecular weight excluding hydrogens is 322 g/mol. The molecule has 0 bridgehead atoms. The maximum Gasteiger partial charge on any atom is 0.258 e. The van der Waals surface area contributed by atoms with E-state index < -0.39 is 0 Å². The zero-order chi connectivity index (χ0) is 17.5. The van der Waals surface area contributed by atoms with Gasteiger partial charge >= 0.3 is 0 Å². The Balaban J connectivity index is 1.96. The van der Waals surface area contributed by atoms with Crippen LogP contribution in [0, 0.1) is 5.92 Å². The second-order valence-corrected chi connectivity index (χ2v) is 6.56. The van der Waals surface area contributed by atoms with Gasteiger partial charge in [0.25, 0.3) is 5.91 Å². The Labute approximate surface area is 149 Å². The zero-order valence-electron chi connectivity index (χ0n) is 14.4. The largest absolute Gasteiger partial charge is 0.484 e. The van der Waals surface area contributed by atoms with E-state index in [1.165, 1.54) is 5.56 Å². The van der Waals surface area contributed by atoms with Crippen molar-refractivity contribution < 1.29 is 9.53 Å². The highest BCUT2D eigenvalue weighted by Gasteiger charge is 2.18. The summed E-state index contributed by atoms with van der Waals surface area (Å²) < 4.78 is 5.51. The van der Waals surface area contributed by atoms with Gasteiger partial charge in [-0.2, -0.15) is 0 Å². The fourth-order valence-electron chi connectivity index (χ4n) is 2.49. The van der Waals surface area contributed by atoms with E-state index in [9.17, 15) is 4.79 Å². The molecule has 2 aromatic rings. The Hall–Kier alpha value is -2.00. The van der Waals surface area contributed by atoms with Gasteiger partial charge in [-0.1, -0.05) is 56.6 Å². The maximum atomic E-state index is 12.2. The molecule has 3 nitrogen and oxygen atoms in total. The van der Waals surface area contributed by atoms with Crippen LogP contribution in [0.25, 0.3) is 0 Å². The molecule has 0 aliphatic rings. The number of nitrogens with one attached hydrogen (secondary N) is 1. The van der Waals surface area contributed by atoms with Gasteiger partial charge in [0.1, 0.15) is 5.75 Å². The molecule has 128 valence electrons. The third kappa shape index (κ3) is 5.27. The highest BCUT2D eigenvalue weighted by molar-refractivity contribution is 6.30. The summed E-state index contributed by atoms with van der Waals surface area (Å²) in [4.78, 5) is 12.2. The number of ether oxygens (including phenoxy) is 1. The van der Waals surface area contributed by atoms with E-state index in [-0.39, 0.29) is 24.5 Å². The lowest BCUT2D eigenvalue weighted by molar-refractivity contribution is -0.124. The molecule has 2 rings (SSSR count). The molecule has 24 heavy (non-hydrogen) atoms. The van der Waals surface area contributed by atoms with E-state index in [4.69, 9.17) is 16.3 Å². The van der Waals surface area contributed by atoms with Crippen LogP contribution in [0.15, 0.2) is 48.5 Å². The normalized spacial score (nSPS) is 12.0. The van der Waals surface area contributed by atoms with Crippen LogP contribution >= 0.6 is 11.6 Å². The van der Waals surface area contributed by atoms with Gasteiger partial charge in [0.05, 0.1) is 6.04 Å². The first-order valence-electron chi connectivity index (χ1n) is 8.26. The number of amides is 1. The quantitative estimate of drug-likeness (QED) is 0.783. The molecule has 0 saturated heterocycles. The standard InChI is InChI=1S/C20H24ClNO2/c1-4-15-5-7-16(8-6-15)20(14(2)3)22-19(23)13-24-18-11-9-17(21)10-12-18/h5-12,14,20H,4,13H2,1-3H3,(H,22,23). The first kappa shape index (κ1) is 18.3. The molecule has 1 amide bonds. The number of carbonyl (C=O) groups is 1. The number of halogens is 1. The van der Waals surface area contributed by atoms with Crippen LogP contribution in [0.1, 0.15) is 37.9 Å². The van der Waals surface area contributed by atoms with E-state index in [0.29, 0.717) is 10.8 Å². The average Bonchev–Trinajstić information content (AvgIpc) is 2.59. The molecule has 0 aromatic heterocycles. The smallest absolute Gasteiger partial charge is 0.258 e. The summed E-state index contributed by atoms with van der Waals surface area (Å²) >= 11 is 5.83. The van der Waals surface area contributed by atoms with Crippen LogP contribution in [-0.2, 0) is 11.2 Å². The molecule has 4 heteroatoms. The first-order valence-corrected chi connectivity index (χ1v) is 8.64. The summed E-state index contributed by atoms with van der Waals surface area (Å²) in [6, 6.07) is 15.3. The van der Waals surface area contributed by atoms with Gasteiger partial charge in [-0.15, -0.1) is 0 Å². The number of benzene rings is 2. The molecule has 0 saturated carbocycles. The lowest BCUT2D eigenvalue weighted by Crippen LogP contribution is -2.35. The molecule has 1 unspecified atom stereocenters. The summed E-state index contributed by atoms with van der Waals surface area (Å²) in [5.41, 5.74) is 2.40. The van der Waals surface area contributed by atoms with Crippen molar-refractivity contribution in [3.63, 3.8) is 0 Å². The minimum Gasteiger partial charge on any atom is -0.484 e. The highest BCUT2D eigenvalue weighted by atomic mass is 35.5. The summed E-state index contributed by atoms with van der Waals surface area (Å²) in [7, 11) is 0. The average molecular weight is 346 g/mol. The van der Waals surface area contributed by atoms with Gasteiger partial charge in [-0.05, 0) is 47.7 Å². The summed E-state index contributed by atoms with van der Waals surface area (Å²) in [6.45, 7) is 6.31. The molecule has 2 aromatic carbocycles. The predicted molar refractivity (Wildman–Crippen MR) is 98.5 cm³/mol. The Morgan fingerprint density at radius 1 is 1.08 bits per heavy atom. The van der Waals surface area contributed by atoms with Crippen LogP contribution < -0.4 is 10.1 Å². The van der Waals surface area contributed by atoms with E-state index in [2.05, 4.69) is 50.4 Å². The minimum atomic E-state index is -0.136. The van der Waals surface area contributed by atoms with Crippen molar-refractivity contribution in [3.05, 3.63) is 64.7 Å². The second-order valence-electron chi connectivity index (χ2n) is 6.13. The Bertz CT molecular complexity index is 650. The van der Waals surface area contributed by atoms with Crippen molar-refractivity contribution in [3.8, 4) is 5.75 Å². The van der Waals surface area contributed by atoms with E-state index in [1.807, 2.05) is 0 Å². The summed E-state index contributed by atoms with van der Waals surface area (Å²) in [6.07, 6.45) is 1.01. The maximum absolute atomic E-state index is 12.2. The number of hydrogen-bond donors (Lipinski definition) is 1. The number of carbonyl (C=O) groups excluding carboxylic acids is 1. The molecule has 0 heterocycles. The Morgan fingerprint density at radius 2 is 1.71 bits per heavy atom. The first-order chi connectivity index (χ1) is 11.5. The van der Waals surface area contributed by atoms with Gasteiger partial charge in [-0.25, -0.2) is 0 Å². The van der Waals surface area contributed by atoms with Crippen LogP contribution in [0.2, 0.25) is 5.02 Å². The SMILES string of the molecule is CCc1ccc(C(NC(=O)COc2ccc(Cl)cc2)C(C)C)cc1. The third-order valence-corrected chi connectivity index (χ3v) is 4.17. The fraction of sp³-hybridized carbons (Fsp3) is 0.350. The van der Waals surface area contributed by atoms with Crippen LogP contribution in [0.4, 0.5) is 0 Å². The van der Waals surface area contributed by atoms with Crippen molar-refractivity contribution in [1.82, 2.24) is 5.32 Å². The molecular formula is C20H24ClNO2. The lowest BCUT2D eigenvalue weighted by atomic mass is 9.95. The highest BCUT2D eigenvalue weighted by Crippen LogP contribution is 2.22. The van der Waals surface area contributed by atoms with Crippen molar-refractivity contribution >= 4 is 17.5 Å². The predicted octanol–water partition coefficient (Wildman–Crippen LogP) is 4.79. The topological polar surface area (TPSA) is 38.3 Å². The van der Waals surface area contributed by atoms with Gasteiger partial charge in [0.2, 0.25) is 0 Å². The van der Waals surface area contributed by atoms with E-state index >= 15 is 0 Å². The van der Waals surface area contributed by atoms with Crippen LogP contribution in [0.5, 0.6) is 5.75 Å². The molecule has 0 fully saturated rings. The monoisotopic (exact) mass is 345 g/mol. The molecule has 1 atom stereocenters. The number of rotatable bonds is 7.